The zero-order valence-electron chi connectivity index (χ0n) is 13.4. The highest BCUT2D eigenvalue weighted by atomic mass is 32.1. The van der Waals surface area contributed by atoms with Crippen LogP contribution in [-0.4, -0.2) is 12.5 Å². The molecule has 0 spiro atoms. The summed E-state index contributed by atoms with van der Waals surface area (Å²) in [6.07, 6.45) is 0. The highest BCUT2D eigenvalue weighted by Gasteiger charge is 2.17. The zero-order valence-corrected chi connectivity index (χ0v) is 15.1. The number of hydrogen-bond donors (Lipinski definition) is 2. The third kappa shape index (κ3) is 4.32. The van der Waals surface area contributed by atoms with Crippen LogP contribution in [0.1, 0.15) is 34.3 Å². The highest BCUT2D eigenvalue weighted by molar-refractivity contribution is 7.10. The maximum Gasteiger partial charge on any atom is 0.234 e. The Bertz CT molecular complexity index is 739. The van der Waals surface area contributed by atoms with Crippen LogP contribution < -0.4 is 10.6 Å². The van der Waals surface area contributed by atoms with Crippen molar-refractivity contribution in [1.82, 2.24) is 10.6 Å². The molecule has 2 atom stereocenters. The van der Waals surface area contributed by atoms with Gasteiger partial charge in [0.15, 0.2) is 0 Å². The summed E-state index contributed by atoms with van der Waals surface area (Å²) in [5.41, 5.74) is 1.17. The molecular formula is C19H20N2OS2. The molecule has 2 N–H and O–H groups in total. The molecule has 0 saturated carbocycles. The first kappa shape index (κ1) is 16.9. The molecule has 1 aromatic carbocycles. The lowest BCUT2D eigenvalue weighted by Crippen LogP contribution is -2.37. The largest absolute Gasteiger partial charge is 0.348 e. The molecule has 5 heteroatoms. The SMILES string of the molecule is C[C@H](NC(=O)CN[C@H](c1ccccc1)c1cccs1)c1cccs1. The lowest BCUT2D eigenvalue weighted by atomic mass is 10.1. The van der Waals surface area contributed by atoms with Crippen LogP contribution in [0.2, 0.25) is 0 Å². The van der Waals surface area contributed by atoms with Gasteiger partial charge in [-0.25, -0.2) is 0 Å². The van der Waals surface area contributed by atoms with E-state index in [2.05, 4.69) is 34.2 Å². The van der Waals surface area contributed by atoms with E-state index in [1.807, 2.05) is 48.7 Å². The highest BCUT2D eigenvalue weighted by Crippen LogP contribution is 2.25. The van der Waals surface area contributed by atoms with Gasteiger partial charge < -0.3 is 5.32 Å². The van der Waals surface area contributed by atoms with Gasteiger partial charge >= 0.3 is 0 Å². The van der Waals surface area contributed by atoms with Crippen LogP contribution in [0.5, 0.6) is 0 Å². The number of thiophene rings is 2. The Hall–Kier alpha value is -1.95. The van der Waals surface area contributed by atoms with E-state index in [-0.39, 0.29) is 24.5 Å². The van der Waals surface area contributed by atoms with Gasteiger partial charge in [-0.15, -0.1) is 22.7 Å². The van der Waals surface area contributed by atoms with Crippen molar-refractivity contribution in [3.8, 4) is 0 Å². The number of carbonyl (C=O) groups excluding carboxylic acids is 1. The molecule has 0 aliphatic rings. The number of benzene rings is 1. The molecule has 124 valence electrons. The number of nitrogens with one attached hydrogen (secondary N) is 2. The second-order valence-corrected chi connectivity index (χ2v) is 7.50. The van der Waals surface area contributed by atoms with Crippen LogP contribution in [0.25, 0.3) is 0 Å². The molecular weight excluding hydrogens is 336 g/mol. The number of hydrogen-bond acceptors (Lipinski definition) is 4. The number of carbonyl (C=O) groups is 1. The maximum atomic E-state index is 12.3. The van der Waals surface area contributed by atoms with Gasteiger partial charge in [-0.1, -0.05) is 42.5 Å². The molecule has 0 fully saturated rings. The van der Waals surface area contributed by atoms with Crippen molar-refractivity contribution in [1.29, 1.82) is 0 Å². The van der Waals surface area contributed by atoms with Crippen molar-refractivity contribution in [2.45, 2.75) is 19.0 Å². The third-order valence-electron chi connectivity index (χ3n) is 3.77. The molecule has 3 nitrogen and oxygen atoms in total. The summed E-state index contributed by atoms with van der Waals surface area (Å²) in [4.78, 5) is 14.7. The van der Waals surface area contributed by atoms with Crippen molar-refractivity contribution in [3.05, 3.63) is 80.7 Å². The lowest BCUT2D eigenvalue weighted by molar-refractivity contribution is -0.120. The fourth-order valence-corrected chi connectivity index (χ4v) is 4.14. The predicted molar refractivity (Wildman–Crippen MR) is 101 cm³/mol. The van der Waals surface area contributed by atoms with E-state index in [4.69, 9.17) is 0 Å². The van der Waals surface area contributed by atoms with Crippen LogP contribution in [0.4, 0.5) is 0 Å². The van der Waals surface area contributed by atoms with E-state index in [1.54, 1.807) is 22.7 Å². The molecule has 2 aromatic heterocycles. The Morgan fingerprint density at radius 3 is 2.25 bits per heavy atom. The molecule has 0 bridgehead atoms. The summed E-state index contributed by atoms with van der Waals surface area (Å²) < 4.78 is 0. The smallest absolute Gasteiger partial charge is 0.234 e. The van der Waals surface area contributed by atoms with Crippen LogP contribution in [0.15, 0.2) is 65.4 Å². The molecule has 3 rings (SSSR count). The van der Waals surface area contributed by atoms with Gasteiger partial charge in [-0.05, 0) is 35.4 Å². The summed E-state index contributed by atoms with van der Waals surface area (Å²) in [7, 11) is 0. The lowest BCUT2D eigenvalue weighted by Gasteiger charge is -2.19. The average molecular weight is 357 g/mol. The summed E-state index contributed by atoms with van der Waals surface area (Å²) in [5.74, 6) is 0.00777. The van der Waals surface area contributed by atoms with Gasteiger partial charge in [0.05, 0.1) is 18.6 Å². The van der Waals surface area contributed by atoms with Crippen LogP contribution in [-0.2, 0) is 4.79 Å². The van der Waals surface area contributed by atoms with E-state index in [0.717, 1.165) is 0 Å². The first-order valence-corrected chi connectivity index (χ1v) is 9.64. The standard InChI is InChI=1S/C19H20N2OS2/c1-14(16-9-5-11-23-16)21-18(22)13-20-19(17-10-6-12-24-17)15-7-3-2-4-8-15/h2-12,14,19-20H,13H2,1H3,(H,21,22)/t14-,19+/m0/s1. The monoisotopic (exact) mass is 356 g/mol. The molecule has 2 heterocycles. The maximum absolute atomic E-state index is 12.3. The molecule has 0 aliphatic carbocycles. The molecule has 24 heavy (non-hydrogen) atoms. The minimum atomic E-state index is 0.00777. The second kappa shape index (κ2) is 8.24. The van der Waals surface area contributed by atoms with Crippen LogP contribution in [0.3, 0.4) is 0 Å². The molecule has 3 aromatic rings. The van der Waals surface area contributed by atoms with Crippen LogP contribution >= 0.6 is 22.7 Å². The van der Waals surface area contributed by atoms with Gasteiger partial charge in [0.25, 0.3) is 0 Å². The first-order valence-electron chi connectivity index (χ1n) is 7.88. The topological polar surface area (TPSA) is 41.1 Å². The van der Waals surface area contributed by atoms with E-state index < -0.39 is 0 Å². The summed E-state index contributed by atoms with van der Waals surface area (Å²) in [6.45, 7) is 2.30. The Morgan fingerprint density at radius 2 is 1.62 bits per heavy atom. The average Bonchev–Trinajstić information content (AvgIpc) is 3.30. The minimum absolute atomic E-state index is 0.00777. The van der Waals surface area contributed by atoms with Gasteiger partial charge in [0, 0.05) is 9.75 Å². The van der Waals surface area contributed by atoms with E-state index in [0.29, 0.717) is 0 Å². The fraction of sp³-hybridized carbons (Fsp3) is 0.211. The van der Waals surface area contributed by atoms with Gasteiger partial charge in [-0.2, -0.15) is 0 Å². The van der Waals surface area contributed by atoms with Crippen molar-refractivity contribution < 1.29 is 4.79 Å². The van der Waals surface area contributed by atoms with Crippen molar-refractivity contribution in [2.24, 2.45) is 0 Å². The Balaban J connectivity index is 1.62. The minimum Gasteiger partial charge on any atom is -0.348 e. The Labute approximate surface area is 150 Å². The van der Waals surface area contributed by atoms with Gasteiger partial charge in [-0.3, -0.25) is 10.1 Å². The van der Waals surface area contributed by atoms with Crippen LogP contribution in [0, 0.1) is 0 Å². The fourth-order valence-electron chi connectivity index (χ4n) is 2.58. The second-order valence-electron chi connectivity index (χ2n) is 5.54. The Kier molecular flexibility index (Phi) is 5.80. The number of rotatable bonds is 7. The molecule has 0 unspecified atom stereocenters. The Morgan fingerprint density at radius 1 is 0.958 bits per heavy atom. The third-order valence-corrected chi connectivity index (χ3v) is 5.77. The summed E-state index contributed by atoms with van der Waals surface area (Å²) in [6, 6.07) is 18.5. The quantitative estimate of drug-likeness (QED) is 0.660. The summed E-state index contributed by atoms with van der Waals surface area (Å²) in [5, 5.41) is 10.5. The first-order chi connectivity index (χ1) is 11.7. The summed E-state index contributed by atoms with van der Waals surface area (Å²) >= 11 is 3.36. The molecule has 0 radical (unpaired) electrons. The molecule has 0 saturated heterocycles. The zero-order chi connectivity index (χ0) is 16.8. The van der Waals surface area contributed by atoms with Gasteiger partial charge in [0.2, 0.25) is 5.91 Å². The van der Waals surface area contributed by atoms with Crippen molar-refractivity contribution >= 4 is 28.6 Å². The van der Waals surface area contributed by atoms with Crippen molar-refractivity contribution in [3.63, 3.8) is 0 Å². The van der Waals surface area contributed by atoms with E-state index in [1.165, 1.54) is 15.3 Å². The van der Waals surface area contributed by atoms with Crippen molar-refractivity contribution in [2.75, 3.05) is 6.54 Å². The van der Waals surface area contributed by atoms with E-state index in [9.17, 15) is 4.79 Å². The van der Waals surface area contributed by atoms with E-state index >= 15 is 0 Å². The van der Waals surface area contributed by atoms with Gasteiger partial charge in [0.1, 0.15) is 0 Å². The normalized spacial score (nSPS) is 13.4. The predicted octanol–water partition coefficient (Wildman–Crippen LogP) is 4.37. The number of amides is 1. The molecule has 0 aliphatic heterocycles. The molecule has 1 amide bonds.